The first-order valence-corrected chi connectivity index (χ1v) is 8.42. The molecular formula is C17H24F3N3O2. The summed E-state index contributed by atoms with van der Waals surface area (Å²) in [4.78, 5) is 18.4. The second-order valence-electron chi connectivity index (χ2n) is 6.46. The molecule has 0 aromatic carbocycles. The van der Waals surface area contributed by atoms with Crippen LogP contribution in [-0.4, -0.2) is 48.4 Å². The number of alkyl halides is 3. The van der Waals surface area contributed by atoms with Gasteiger partial charge in [-0.05, 0) is 32.4 Å². The van der Waals surface area contributed by atoms with E-state index in [1.54, 1.807) is 19.1 Å². The number of pyridine rings is 1. The van der Waals surface area contributed by atoms with Crippen molar-refractivity contribution in [3.8, 4) is 0 Å². The van der Waals surface area contributed by atoms with Gasteiger partial charge in [-0.3, -0.25) is 9.78 Å². The predicted molar refractivity (Wildman–Crippen MR) is 88.7 cm³/mol. The molecule has 0 bridgehead atoms. The van der Waals surface area contributed by atoms with Gasteiger partial charge in [-0.2, -0.15) is 13.2 Å². The summed E-state index contributed by atoms with van der Waals surface area (Å²) < 4.78 is 43.3. The number of nitrogens with one attached hydrogen (secondary N) is 1. The third-order valence-electron chi connectivity index (χ3n) is 4.07. The molecule has 1 fully saturated rings. The summed E-state index contributed by atoms with van der Waals surface area (Å²) >= 11 is 0. The van der Waals surface area contributed by atoms with Crippen molar-refractivity contribution in [2.24, 2.45) is 0 Å². The van der Waals surface area contributed by atoms with E-state index in [9.17, 15) is 18.0 Å². The van der Waals surface area contributed by atoms with Crippen LogP contribution in [0.1, 0.15) is 44.1 Å². The highest BCUT2D eigenvalue weighted by Gasteiger charge is 2.32. The third kappa shape index (κ3) is 5.88. The van der Waals surface area contributed by atoms with Crippen molar-refractivity contribution in [2.75, 3.05) is 18.0 Å². The molecule has 1 aliphatic heterocycles. The van der Waals surface area contributed by atoms with Gasteiger partial charge in [0.1, 0.15) is 5.69 Å². The fourth-order valence-electron chi connectivity index (χ4n) is 2.97. The molecule has 5 nitrogen and oxygen atoms in total. The summed E-state index contributed by atoms with van der Waals surface area (Å²) in [6.07, 6.45) is -3.55. The predicted octanol–water partition coefficient (Wildman–Crippen LogP) is 3.16. The molecule has 2 heterocycles. The van der Waals surface area contributed by atoms with E-state index < -0.39 is 24.5 Å². The lowest BCUT2D eigenvalue weighted by Gasteiger charge is -2.36. The van der Waals surface area contributed by atoms with Gasteiger partial charge in [-0.1, -0.05) is 6.92 Å². The number of aromatic nitrogens is 1. The number of carbonyl (C=O) groups is 1. The summed E-state index contributed by atoms with van der Waals surface area (Å²) in [7, 11) is 0. The summed E-state index contributed by atoms with van der Waals surface area (Å²) in [6, 6.07) is 2.44. The zero-order chi connectivity index (χ0) is 18.6. The number of halogens is 3. The lowest BCUT2D eigenvalue weighted by Crippen LogP contribution is -2.45. The van der Waals surface area contributed by atoms with Crippen LogP contribution in [0.4, 0.5) is 18.9 Å². The van der Waals surface area contributed by atoms with Crippen molar-refractivity contribution < 1.29 is 22.7 Å². The van der Waals surface area contributed by atoms with E-state index >= 15 is 0 Å². The number of amides is 1. The van der Waals surface area contributed by atoms with Gasteiger partial charge in [0.15, 0.2) is 0 Å². The molecule has 1 aliphatic rings. The Labute approximate surface area is 145 Å². The molecule has 1 aromatic heterocycles. The van der Waals surface area contributed by atoms with Crippen LogP contribution in [0, 0.1) is 0 Å². The largest absolute Gasteiger partial charge is 0.391 e. The van der Waals surface area contributed by atoms with Crippen molar-refractivity contribution in [3.63, 3.8) is 0 Å². The number of carbonyl (C=O) groups excluding carboxylic acids is 1. The molecule has 0 saturated carbocycles. The number of rotatable bonds is 5. The Morgan fingerprint density at radius 1 is 1.40 bits per heavy atom. The first-order chi connectivity index (χ1) is 11.7. The first-order valence-electron chi connectivity index (χ1n) is 8.42. The number of hydrogen-bond donors (Lipinski definition) is 1. The summed E-state index contributed by atoms with van der Waals surface area (Å²) in [6.45, 7) is 6.92. The number of hydrogen-bond acceptors (Lipinski definition) is 4. The Hall–Kier alpha value is -1.83. The van der Waals surface area contributed by atoms with Crippen LogP contribution in [0.25, 0.3) is 0 Å². The van der Waals surface area contributed by atoms with Crippen molar-refractivity contribution in [1.82, 2.24) is 10.3 Å². The average Bonchev–Trinajstić information content (AvgIpc) is 2.52. The molecule has 0 radical (unpaired) electrons. The Balaban J connectivity index is 2.08. The van der Waals surface area contributed by atoms with E-state index in [1.807, 2.05) is 13.8 Å². The highest BCUT2D eigenvalue weighted by atomic mass is 19.4. The van der Waals surface area contributed by atoms with Crippen molar-refractivity contribution in [2.45, 2.75) is 58.0 Å². The molecule has 1 N–H and O–H groups in total. The van der Waals surface area contributed by atoms with Crippen LogP contribution in [0.3, 0.4) is 0 Å². The van der Waals surface area contributed by atoms with Crippen LogP contribution >= 0.6 is 0 Å². The van der Waals surface area contributed by atoms with E-state index in [0.717, 1.165) is 5.69 Å². The van der Waals surface area contributed by atoms with Crippen molar-refractivity contribution >= 4 is 11.6 Å². The lowest BCUT2D eigenvalue weighted by molar-refractivity contribution is -0.139. The minimum absolute atomic E-state index is 0.0606. The van der Waals surface area contributed by atoms with E-state index in [1.165, 1.54) is 6.20 Å². The van der Waals surface area contributed by atoms with Gasteiger partial charge in [0.25, 0.3) is 5.91 Å². The molecular weight excluding hydrogens is 335 g/mol. The lowest BCUT2D eigenvalue weighted by atomic mass is 10.1. The van der Waals surface area contributed by atoms with Gasteiger partial charge < -0.3 is 15.0 Å². The van der Waals surface area contributed by atoms with Crippen LogP contribution in [-0.2, 0) is 4.74 Å². The van der Waals surface area contributed by atoms with E-state index in [4.69, 9.17) is 4.74 Å². The zero-order valence-corrected chi connectivity index (χ0v) is 14.6. The average molecular weight is 359 g/mol. The van der Waals surface area contributed by atoms with E-state index in [-0.39, 0.29) is 24.3 Å². The summed E-state index contributed by atoms with van der Waals surface area (Å²) in [5.74, 6) is -0.590. The highest BCUT2D eigenvalue weighted by Crippen LogP contribution is 2.23. The molecule has 3 atom stereocenters. The zero-order valence-electron chi connectivity index (χ0n) is 14.6. The Morgan fingerprint density at radius 2 is 2.04 bits per heavy atom. The van der Waals surface area contributed by atoms with Gasteiger partial charge in [0.2, 0.25) is 0 Å². The van der Waals surface area contributed by atoms with Crippen molar-refractivity contribution in [3.05, 3.63) is 24.0 Å². The number of morpholine rings is 1. The maximum atomic E-state index is 12.5. The minimum atomic E-state index is -4.32. The van der Waals surface area contributed by atoms with Gasteiger partial charge in [0.05, 0.1) is 18.6 Å². The molecule has 1 amide bonds. The van der Waals surface area contributed by atoms with E-state index in [2.05, 4.69) is 15.2 Å². The fourth-order valence-corrected chi connectivity index (χ4v) is 2.97. The minimum Gasteiger partial charge on any atom is -0.372 e. The summed E-state index contributed by atoms with van der Waals surface area (Å²) in [5.41, 5.74) is 0.927. The second kappa shape index (κ2) is 8.03. The SMILES string of the molecule is CCC(CC(F)(F)F)NC(=O)c1cc(N2CC(C)OC(C)C2)ccn1. The maximum Gasteiger partial charge on any atom is 0.391 e. The number of ether oxygens (including phenoxy) is 1. The maximum absolute atomic E-state index is 12.5. The Morgan fingerprint density at radius 3 is 2.60 bits per heavy atom. The molecule has 8 heteroatoms. The van der Waals surface area contributed by atoms with Crippen LogP contribution < -0.4 is 10.2 Å². The summed E-state index contributed by atoms with van der Waals surface area (Å²) in [5, 5.41) is 2.42. The molecule has 140 valence electrons. The normalized spacial score (nSPS) is 22.6. The molecule has 0 aliphatic carbocycles. The van der Waals surface area contributed by atoms with Crippen molar-refractivity contribution in [1.29, 1.82) is 0 Å². The highest BCUT2D eigenvalue weighted by molar-refractivity contribution is 5.93. The first kappa shape index (κ1) is 19.5. The van der Waals surface area contributed by atoms with Crippen LogP contribution in [0.5, 0.6) is 0 Å². The molecule has 1 aromatic rings. The number of anilines is 1. The molecule has 2 rings (SSSR count). The van der Waals surface area contributed by atoms with Gasteiger partial charge in [-0.15, -0.1) is 0 Å². The third-order valence-corrected chi connectivity index (χ3v) is 4.07. The van der Waals surface area contributed by atoms with Gasteiger partial charge in [0, 0.05) is 31.0 Å². The topological polar surface area (TPSA) is 54.5 Å². The Bertz CT molecular complexity index is 585. The van der Waals surface area contributed by atoms with Crippen LogP contribution in [0.15, 0.2) is 18.3 Å². The van der Waals surface area contributed by atoms with Gasteiger partial charge in [-0.25, -0.2) is 0 Å². The smallest absolute Gasteiger partial charge is 0.372 e. The number of nitrogens with zero attached hydrogens (tertiary/aromatic N) is 2. The molecule has 25 heavy (non-hydrogen) atoms. The quantitative estimate of drug-likeness (QED) is 0.877. The van der Waals surface area contributed by atoms with Crippen LogP contribution in [0.2, 0.25) is 0 Å². The molecule has 1 saturated heterocycles. The van der Waals surface area contributed by atoms with Gasteiger partial charge >= 0.3 is 6.18 Å². The Kier molecular flexibility index (Phi) is 6.26. The fraction of sp³-hybridized carbons (Fsp3) is 0.647. The van der Waals surface area contributed by atoms with E-state index in [0.29, 0.717) is 13.1 Å². The standard InChI is InChI=1S/C17H24F3N3O2/c1-4-13(8-17(18,19)20)22-16(24)15-7-14(5-6-21-15)23-9-11(2)25-12(3)10-23/h5-7,11-13H,4,8-10H2,1-3H3,(H,22,24). The molecule has 3 unspecified atom stereocenters. The monoisotopic (exact) mass is 359 g/mol. The molecule has 0 spiro atoms. The second-order valence-corrected chi connectivity index (χ2v) is 6.46.